The molecule has 0 spiro atoms. The maximum Gasteiger partial charge on any atom is 0.0354 e. The molecule has 0 bridgehead atoms. The first kappa shape index (κ1) is 10.0. The van der Waals surface area contributed by atoms with Crippen molar-refractivity contribution in [3.63, 3.8) is 0 Å². The Morgan fingerprint density at radius 2 is 2.18 bits per heavy atom. The number of rotatable bonds is 4. The minimum absolute atomic E-state index is 1.07. The van der Waals surface area contributed by atoms with E-state index in [1.54, 1.807) is 0 Å². The third-order valence-corrected chi connectivity index (χ3v) is 1.48. The molecule has 0 rings (SSSR count). The van der Waals surface area contributed by atoms with Crippen LogP contribution in [0.1, 0.15) is 20.3 Å². The fourth-order valence-electron chi connectivity index (χ4n) is 0.815. The lowest BCUT2D eigenvalue weighted by molar-refractivity contribution is 0.585. The van der Waals surface area contributed by atoms with Gasteiger partial charge in [0.1, 0.15) is 0 Å². The van der Waals surface area contributed by atoms with Gasteiger partial charge >= 0.3 is 0 Å². The van der Waals surface area contributed by atoms with Gasteiger partial charge in [0.2, 0.25) is 0 Å². The molecule has 0 aliphatic rings. The Kier molecular flexibility index (Phi) is 5.26. The van der Waals surface area contributed by atoms with Gasteiger partial charge in [0.05, 0.1) is 0 Å². The molecule has 0 N–H and O–H groups in total. The predicted octanol–water partition coefficient (Wildman–Crippen LogP) is 2.93. The summed E-state index contributed by atoms with van der Waals surface area (Å²) in [5, 5.41) is 0. The van der Waals surface area contributed by atoms with E-state index in [0.29, 0.717) is 0 Å². The normalized spacial score (nSPS) is 12.1. The van der Waals surface area contributed by atoms with Gasteiger partial charge in [0.15, 0.2) is 0 Å². The van der Waals surface area contributed by atoms with E-state index in [9.17, 15) is 0 Å². The third kappa shape index (κ3) is 3.66. The average molecular weight is 151 g/mol. The molecule has 0 saturated carbocycles. The molecule has 0 fully saturated rings. The van der Waals surface area contributed by atoms with Crippen molar-refractivity contribution in [2.45, 2.75) is 20.3 Å². The van der Waals surface area contributed by atoms with E-state index in [-0.39, 0.29) is 0 Å². The second-order valence-electron chi connectivity index (χ2n) is 2.32. The molecule has 0 heterocycles. The van der Waals surface area contributed by atoms with Crippen LogP contribution < -0.4 is 0 Å². The average Bonchev–Trinajstić information content (AvgIpc) is 2.03. The summed E-state index contributed by atoms with van der Waals surface area (Å²) in [6, 6.07) is 0. The van der Waals surface area contributed by atoms with E-state index in [0.717, 1.165) is 12.1 Å². The van der Waals surface area contributed by atoms with Gasteiger partial charge in [0.25, 0.3) is 0 Å². The molecule has 0 aliphatic carbocycles. The molecule has 0 atom stereocenters. The summed E-state index contributed by atoms with van der Waals surface area (Å²) < 4.78 is 0. The molecule has 0 aliphatic heterocycles. The molecule has 0 radical (unpaired) electrons. The number of hydrogen-bond acceptors (Lipinski definition) is 1. The Hall–Kier alpha value is -0.980. The molecule has 0 aromatic carbocycles. The van der Waals surface area contributed by atoms with Gasteiger partial charge in [-0.05, 0) is 25.6 Å². The SMILES string of the molecule is C=C/C(=C/C)N(C)/C=C\CC. The molecule has 11 heavy (non-hydrogen) atoms. The number of likely N-dealkylation sites (N-methyl/N-ethyl adjacent to an activating group) is 1. The van der Waals surface area contributed by atoms with Crippen LogP contribution in [0.4, 0.5) is 0 Å². The highest BCUT2D eigenvalue weighted by molar-refractivity contribution is 5.15. The van der Waals surface area contributed by atoms with Crippen LogP contribution in [0.15, 0.2) is 36.7 Å². The number of nitrogens with zero attached hydrogens (tertiary/aromatic N) is 1. The largest absolute Gasteiger partial charge is 0.352 e. The summed E-state index contributed by atoms with van der Waals surface area (Å²) in [7, 11) is 2.02. The molecule has 0 amide bonds. The first-order valence-electron chi connectivity index (χ1n) is 3.94. The van der Waals surface area contributed by atoms with Gasteiger partial charge < -0.3 is 4.90 Å². The van der Waals surface area contributed by atoms with Crippen LogP contribution in [-0.2, 0) is 0 Å². The molecule has 0 aromatic rings. The van der Waals surface area contributed by atoms with Gasteiger partial charge in [-0.1, -0.05) is 25.7 Å². The van der Waals surface area contributed by atoms with Crippen molar-refractivity contribution < 1.29 is 0 Å². The van der Waals surface area contributed by atoms with Crippen molar-refractivity contribution in [2.24, 2.45) is 0 Å². The van der Waals surface area contributed by atoms with Gasteiger partial charge in [-0.3, -0.25) is 0 Å². The van der Waals surface area contributed by atoms with Gasteiger partial charge in [-0.2, -0.15) is 0 Å². The molecule has 0 aromatic heterocycles. The van der Waals surface area contributed by atoms with E-state index in [4.69, 9.17) is 0 Å². The maximum atomic E-state index is 3.72. The van der Waals surface area contributed by atoms with Gasteiger partial charge in [-0.25, -0.2) is 0 Å². The zero-order chi connectivity index (χ0) is 8.69. The van der Waals surface area contributed by atoms with Crippen LogP contribution >= 0.6 is 0 Å². The Bertz CT molecular complexity index is 166. The molecule has 62 valence electrons. The van der Waals surface area contributed by atoms with Crippen LogP contribution in [0.25, 0.3) is 0 Å². The highest BCUT2D eigenvalue weighted by Gasteiger charge is 1.91. The summed E-state index contributed by atoms with van der Waals surface area (Å²) in [6.45, 7) is 7.84. The Labute approximate surface area is 69.7 Å². The molecular formula is C10H17N. The predicted molar refractivity (Wildman–Crippen MR) is 51.1 cm³/mol. The van der Waals surface area contributed by atoms with E-state index in [1.807, 2.05) is 26.1 Å². The van der Waals surface area contributed by atoms with Crippen molar-refractivity contribution in [2.75, 3.05) is 7.05 Å². The van der Waals surface area contributed by atoms with E-state index >= 15 is 0 Å². The second-order valence-corrected chi connectivity index (χ2v) is 2.32. The van der Waals surface area contributed by atoms with E-state index in [1.165, 1.54) is 0 Å². The smallest absolute Gasteiger partial charge is 0.0354 e. The van der Waals surface area contributed by atoms with Crippen LogP contribution in [0.5, 0.6) is 0 Å². The molecule has 1 heteroatoms. The topological polar surface area (TPSA) is 3.24 Å². The second kappa shape index (κ2) is 5.78. The minimum atomic E-state index is 1.07. The number of allylic oxidation sites excluding steroid dienone is 3. The van der Waals surface area contributed by atoms with Crippen LogP contribution in [0.2, 0.25) is 0 Å². The quantitative estimate of drug-likeness (QED) is 0.558. The summed E-state index contributed by atoms with van der Waals surface area (Å²) in [5.41, 5.74) is 1.13. The summed E-state index contributed by atoms with van der Waals surface area (Å²) in [4.78, 5) is 2.05. The van der Waals surface area contributed by atoms with Crippen LogP contribution in [0.3, 0.4) is 0 Å². The number of hydrogen-bond donors (Lipinski definition) is 0. The minimum Gasteiger partial charge on any atom is -0.352 e. The first-order chi connectivity index (χ1) is 5.26. The summed E-state index contributed by atoms with van der Waals surface area (Å²) in [6.07, 6.45) is 9.12. The lowest BCUT2D eigenvalue weighted by Gasteiger charge is -2.13. The highest BCUT2D eigenvalue weighted by atomic mass is 15.1. The highest BCUT2D eigenvalue weighted by Crippen LogP contribution is 2.02. The maximum absolute atomic E-state index is 3.72. The van der Waals surface area contributed by atoms with Crippen molar-refractivity contribution >= 4 is 0 Å². The van der Waals surface area contributed by atoms with Crippen LogP contribution in [0, 0.1) is 0 Å². The van der Waals surface area contributed by atoms with E-state index in [2.05, 4.69) is 30.7 Å². The third-order valence-electron chi connectivity index (χ3n) is 1.48. The Morgan fingerprint density at radius 3 is 2.55 bits per heavy atom. The van der Waals surface area contributed by atoms with Gasteiger partial charge in [0, 0.05) is 12.7 Å². The van der Waals surface area contributed by atoms with Crippen molar-refractivity contribution in [3.05, 3.63) is 36.7 Å². The lowest BCUT2D eigenvalue weighted by Crippen LogP contribution is -2.07. The Balaban J connectivity index is 4.10. The lowest BCUT2D eigenvalue weighted by atomic mass is 10.3. The fourth-order valence-corrected chi connectivity index (χ4v) is 0.815. The van der Waals surface area contributed by atoms with Crippen molar-refractivity contribution in [1.29, 1.82) is 0 Å². The summed E-state index contributed by atoms with van der Waals surface area (Å²) in [5.74, 6) is 0. The first-order valence-corrected chi connectivity index (χ1v) is 3.94. The molecule has 1 nitrogen and oxygen atoms in total. The van der Waals surface area contributed by atoms with Crippen LogP contribution in [-0.4, -0.2) is 11.9 Å². The molecule has 0 unspecified atom stereocenters. The molecular weight excluding hydrogens is 134 g/mol. The molecule has 0 saturated heterocycles. The monoisotopic (exact) mass is 151 g/mol. The standard InChI is InChI=1S/C10H17N/c1-5-8-9-11(4)10(6-2)7-3/h6-9H,2,5H2,1,3-4H3/b9-8-,10-7-. The Morgan fingerprint density at radius 1 is 1.55 bits per heavy atom. The van der Waals surface area contributed by atoms with E-state index < -0.39 is 0 Å². The zero-order valence-corrected chi connectivity index (χ0v) is 7.67. The fraction of sp³-hybridized carbons (Fsp3) is 0.400. The van der Waals surface area contributed by atoms with Crippen molar-refractivity contribution in [1.82, 2.24) is 4.90 Å². The zero-order valence-electron chi connectivity index (χ0n) is 7.67. The van der Waals surface area contributed by atoms with Gasteiger partial charge in [-0.15, -0.1) is 0 Å². The van der Waals surface area contributed by atoms with Crippen molar-refractivity contribution in [3.8, 4) is 0 Å². The summed E-state index contributed by atoms with van der Waals surface area (Å²) >= 11 is 0.